The van der Waals surface area contributed by atoms with Crippen LogP contribution in [0, 0.1) is 5.41 Å². The fraction of sp³-hybridized carbons (Fsp3) is 0.714. The van der Waals surface area contributed by atoms with Crippen LogP contribution in [0.4, 0.5) is 4.79 Å². The van der Waals surface area contributed by atoms with Crippen LogP contribution in [0.1, 0.15) is 44.9 Å². The Balaban J connectivity index is 1.65. The lowest BCUT2D eigenvalue weighted by Crippen LogP contribution is -2.63. The summed E-state index contributed by atoms with van der Waals surface area (Å²) in [6, 6.07) is -0.451. The van der Waals surface area contributed by atoms with Crippen LogP contribution in [0.25, 0.3) is 0 Å². The normalized spacial score (nSPS) is 24.4. The Morgan fingerprint density at radius 3 is 2.52 bits per heavy atom. The third-order valence-corrected chi connectivity index (χ3v) is 4.52. The number of barbiturate groups is 1. The first-order valence-electron chi connectivity index (χ1n) is 7.50. The zero-order chi connectivity index (χ0) is 15.0. The predicted molar refractivity (Wildman–Crippen MR) is 71.9 cm³/mol. The molecule has 2 aliphatic carbocycles. The summed E-state index contributed by atoms with van der Waals surface area (Å²) in [7, 11) is 0. The first kappa shape index (κ1) is 14.0. The molecule has 0 unspecified atom stereocenters. The number of urea groups is 1. The van der Waals surface area contributed by atoms with Gasteiger partial charge in [-0.15, -0.1) is 0 Å². The Bertz CT molecular complexity index is 506. The van der Waals surface area contributed by atoms with E-state index in [-0.39, 0.29) is 24.9 Å². The summed E-state index contributed by atoms with van der Waals surface area (Å²) in [4.78, 5) is 49.1. The molecule has 3 rings (SSSR count). The molecule has 0 aromatic heterocycles. The second-order valence-electron chi connectivity index (χ2n) is 6.10. The van der Waals surface area contributed by atoms with Crippen molar-refractivity contribution in [2.24, 2.45) is 5.41 Å². The van der Waals surface area contributed by atoms with Crippen LogP contribution in [-0.2, 0) is 14.4 Å². The van der Waals surface area contributed by atoms with E-state index in [2.05, 4.69) is 10.6 Å². The van der Waals surface area contributed by atoms with Crippen molar-refractivity contribution in [3.63, 3.8) is 0 Å². The van der Waals surface area contributed by atoms with Crippen molar-refractivity contribution in [3.05, 3.63) is 0 Å². The lowest BCUT2D eigenvalue weighted by molar-refractivity contribution is -0.151. The highest BCUT2D eigenvalue weighted by Crippen LogP contribution is 2.41. The third-order valence-electron chi connectivity index (χ3n) is 4.52. The van der Waals surface area contributed by atoms with E-state index in [0.717, 1.165) is 30.6 Å². The summed E-state index contributed by atoms with van der Waals surface area (Å²) in [5.41, 5.74) is -1.08. The van der Waals surface area contributed by atoms with Crippen molar-refractivity contribution < 1.29 is 19.2 Å². The topological polar surface area (TPSA) is 95.6 Å². The van der Waals surface area contributed by atoms with Gasteiger partial charge >= 0.3 is 6.03 Å². The molecule has 0 atom stereocenters. The quantitative estimate of drug-likeness (QED) is 0.728. The number of carbonyl (C=O) groups is 4. The molecule has 3 aliphatic rings. The van der Waals surface area contributed by atoms with Gasteiger partial charge in [-0.3, -0.25) is 24.6 Å². The van der Waals surface area contributed by atoms with Crippen LogP contribution in [0.2, 0.25) is 0 Å². The molecule has 0 aromatic rings. The minimum absolute atomic E-state index is 0.0260. The second kappa shape index (κ2) is 5.13. The molecule has 1 aliphatic heterocycles. The Labute approximate surface area is 122 Å². The van der Waals surface area contributed by atoms with E-state index in [1.54, 1.807) is 0 Å². The van der Waals surface area contributed by atoms with Crippen molar-refractivity contribution in [2.75, 3.05) is 6.54 Å². The fourth-order valence-corrected chi connectivity index (χ4v) is 3.10. The molecule has 5 amide bonds. The third kappa shape index (κ3) is 2.52. The molecule has 1 heterocycles. The maximum atomic E-state index is 12.5. The molecule has 1 saturated heterocycles. The highest BCUT2D eigenvalue weighted by Gasteiger charge is 2.54. The lowest BCUT2D eigenvalue weighted by atomic mass is 9.82. The van der Waals surface area contributed by atoms with Gasteiger partial charge in [0.2, 0.25) is 17.7 Å². The lowest BCUT2D eigenvalue weighted by Gasteiger charge is -2.36. The van der Waals surface area contributed by atoms with Crippen molar-refractivity contribution in [3.8, 4) is 0 Å². The van der Waals surface area contributed by atoms with E-state index < -0.39 is 23.3 Å². The Kier molecular flexibility index (Phi) is 3.43. The zero-order valence-electron chi connectivity index (χ0n) is 11.8. The zero-order valence-corrected chi connectivity index (χ0v) is 11.8. The van der Waals surface area contributed by atoms with Gasteiger partial charge in [-0.1, -0.05) is 12.8 Å². The van der Waals surface area contributed by atoms with Gasteiger partial charge < -0.3 is 5.32 Å². The number of rotatable bonds is 4. The van der Waals surface area contributed by atoms with Gasteiger partial charge in [0.05, 0.1) is 0 Å². The maximum Gasteiger partial charge on any atom is 0.330 e. The number of hydrogen-bond donors (Lipinski definition) is 2. The number of hydrogen-bond acceptors (Lipinski definition) is 4. The van der Waals surface area contributed by atoms with Gasteiger partial charge in [-0.2, -0.15) is 0 Å². The van der Waals surface area contributed by atoms with Gasteiger partial charge in [0.25, 0.3) is 0 Å². The molecule has 0 aromatic carbocycles. The monoisotopic (exact) mass is 293 g/mol. The first-order chi connectivity index (χ1) is 10.0. The summed E-state index contributed by atoms with van der Waals surface area (Å²) in [5, 5.41) is 5.08. The molecule has 7 nitrogen and oxygen atoms in total. The van der Waals surface area contributed by atoms with Crippen LogP contribution in [0.15, 0.2) is 0 Å². The van der Waals surface area contributed by atoms with Crippen molar-refractivity contribution in [1.82, 2.24) is 15.5 Å². The second-order valence-corrected chi connectivity index (χ2v) is 6.10. The van der Waals surface area contributed by atoms with Crippen LogP contribution in [0.3, 0.4) is 0 Å². The van der Waals surface area contributed by atoms with E-state index in [9.17, 15) is 19.2 Å². The molecule has 0 bridgehead atoms. The van der Waals surface area contributed by atoms with Gasteiger partial charge in [0, 0.05) is 19.0 Å². The molecular weight excluding hydrogens is 274 g/mol. The maximum absolute atomic E-state index is 12.5. The molecule has 3 fully saturated rings. The van der Waals surface area contributed by atoms with Crippen molar-refractivity contribution in [2.45, 2.75) is 51.0 Å². The standard InChI is InChI=1S/C14H19N3O4/c18-10(15-9-3-4-9)5-8-17-12(20)14(6-1-2-7-14)11(19)16-13(17)21/h9H,1-8H2,(H,15,18)(H,16,19,21). The minimum atomic E-state index is -1.08. The summed E-state index contributed by atoms with van der Waals surface area (Å²) in [5.74, 6) is -1.07. The van der Waals surface area contributed by atoms with Gasteiger partial charge in [-0.25, -0.2) is 4.79 Å². The predicted octanol–water partition coefficient (Wildman–Crippen LogP) is 0.294. The number of nitrogens with one attached hydrogen (secondary N) is 2. The average molecular weight is 293 g/mol. The van der Waals surface area contributed by atoms with E-state index in [0.29, 0.717) is 12.8 Å². The number of imide groups is 2. The average Bonchev–Trinajstić information content (AvgIpc) is 3.10. The van der Waals surface area contributed by atoms with E-state index >= 15 is 0 Å². The smallest absolute Gasteiger partial charge is 0.330 e. The highest BCUT2D eigenvalue weighted by molar-refractivity contribution is 6.19. The summed E-state index contributed by atoms with van der Waals surface area (Å²) < 4.78 is 0. The molecule has 7 heteroatoms. The van der Waals surface area contributed by atoms with Crippen molar-refractivity contribution >= 4 is 23.8 Å². The Hall–Kier alpha value is -1.92. The summed E-state index contributed by atoms with van der Waals surface area (Å²) in [6.45, 7) is 0.0260. The van der Waals surface area contributed by atoms with Gasteiger partial charge in [0.15, 0.2) is 0 Å². The van der Waals surface area contributed by atoms with E-state index in [4.69, 9.17) is 0 Å². The number of nitrogens with zero attached hydrogens (tertiary/aromatic N) is 1. The molecule has 21 heavy (non-hydrogen) atoms. The van der Waals surface area contributed by atoms with E-state index in [1.165, 1.54) is 0 Å². The van der Waals surface area contributed by atoms with Crippen LogP contribution in [-0.4, -0.2) is 41.2 Å². The van der Waals surface area contributed by atoms with Crippen LogP contribution in [0.5, 0.6) is 0 Å². The fourth-order valence-electron chi connectivity index (χ4n) is 3.10. The first-order valence-corrected chi connectivity index (χ1v) is 7.50. The minimum Gasteiger partial charge on any atom is -0.353 e. The number of carbonyl (C=O) groups excluding carboxylic acids is 4. The molecular formula is C14H19N3O4. The van der Waals surface area contributed by atoms with Gasteiger partial charge in [-0.05, 0) is 25.7 Å². The SMILES string of the molecule is O=C(CCN1C(=O)NC(=O)C2(CCCC2)C1=O)NC1CC1. The van der Waals surface area contributed by atoms with Gasteiger partial charge in [0.1, 0.15) is 5.41 Å². The highest BCUT2D eigenvalue weighted by atomic mass is 16.2. The van der Waals surface area contributed by atoms with Crippen molar-refractivity contribution in [1.29, 1.82) is 0 Å². The van der Waals surface area contributed by atoms with Crippen LogP contribution < -0.4 is 10.6 Å². The van der Waals surface area contributed by atoms with E-state index in [1.807, 2.05) is 0 Å². The summed E-state index contributed by atoms with van der Waals surface area (Å²) in [6.07, 6.45) is 4.65. The summed E-state index contributed by atoms with van der Waals surface area (Å²) >= 11 is 0. The van der Waals surface area contributed by atoms with Crippen LogP contribution >= 0.6 is 0 Å². The molecule has 0 radical (unpaired) electrons. The molecule has 2 saturated carbocycles. The largest absolute Gasteiger partial charge is 0.353 e. The molecule has 2 N–H and O–H groups in total. The molecule has 1 spiro atoms. The Morgan fingerprint density at radius 1 is 1.24 bits per heavy atom. The Morgan fingerprint density at radius 2 is 1.90 bits per heavy atom. The molecule has 114 valence electrons. The number of amides is 5.